The lowest BCUT2D eigenvalue weighted by atomic mass is 9.90. The average Bonchev–Trinajstić information content (AvgIpc) is 2.98. The Balaban J connectivity index is 1.65. The second kappa shape index (κ2) is 6.49. The first-order valence-corrected chi connectivity index (χ1v) is 8.17. The molecule has 2 aliphatic heterocycles. The Labute approximate surface area is 137 Å². The van der Waals surface area contributed by atoms with Crippen molar-refractivity contribution in [1.82, 2.24) is 5.32 Å². The summed E-state index contributed by atoms with van der Waals surface area (Å²) in [5.74, 6) is 0. The summed E-state index contributed by atoms with van der Waals surface area (Å²) < 4.78 is 16.7. The van der Waals surface area contributed by atoms with Gasteiger partial charge in [0.25, 0.3) is 0 Å². The Hall–Kier alpha value is -1.59. The summed E-state index contributed by atoms with van der Waals surface area (Å²) in [4.78, 5) is 11.9. The minimum Gasteiger partial charge on any atom is -0.449 e. The molecule has 0 radical (unpaired) electrons. The van der Waals surface area contributed by atoms with Gasteiger partial charge < -0.3 is 19.5 Å². The van der Waals surface area contributed by atoms with Crippen LogP contribution in [0.15, 0.2) is 12.1 Å². The molecule has 0 aliphatic carbocycles. The van der Waals surface area contributed by atoms with E-state index in [0.29, 0.717) is 33.0 Å². The van der Waals surface area contributed by atoms with Crippen LogP contribution in [-0.2, 0) is 33.8 Å². The summed E-state index contributed by atoms with van der Waals surface area (Å²) in [6, 6.07) is 4.31. The van der Waals surface area contributed by atoms with Gasteiger partial charge in [0.15, 0.2) is 0 Å². The van der Waals surface area contributed by atoms with Gasteiger partial charge in [0.05, 0.1) is 33.0 Å². The minimum atomic E-state index is -0.389. The molecule has 1 unspecified atom stereocenters. The molecule has 0 saturated heterocycles. The van der Waals surface area contributed by atoms with E-state index in [-0.39, 0.29) is 17.6 Å². The van der Waals surface area contributed by atoms with Crippen molar-refractivity contribution in [2.75, 3.05) is 19.8 Å². The molecule has 1 atom stereocenters. The molecule has 0 aromatic heterocycles. The topological polar surface area (TPSA) is 56.8 Å². The van der Waals surface area contributed by atoms with Crippen LogP contribution < -0.4 is 5.32 Å². The molecule has 0 spiro atoms. The second-order valence-electron chi connectivity index (χ2n) is 7.40. The van der Waals surface area contributed by atoms with Gasteiger partial charge >= 0.3 is 6.09 Å². The zero-order valence-corrected chi connectivity index (χ0v) is 14.1. The summed E-state index contributed by atoms with van der Waals surface area (Å²) in [5, 5.41) is 2.83. The molecule has 126 valence electrons. The smallest absolute Gasteiger partial charge is 0.407 e. The van der Waals surface area contributed by atoms with Gasteiger partial charge in [-0.2, -0.15) is 0 Å². The number of carbonyl (C=O) groups is 1. The van der Waals surface area contributed by atoms with Gasteiger partial charge in [-0.3, -0.25) is 0 Å². The number of nitrogens with one attached hydrogen (secondary N) is 1. The quantitative estimate of drug-likeness (QED) is 0.930. The number of ether oxygens (including phenoxy) is 3. The van der Waals surface area contributed by atoms with Crippen molar-refractivity contribution in [2.24, 2.45) is 5.41 Å². The highest BCUT2D eigenvalue weighted by atomic mass is 16.5. The van der Waals surface area contributed by atoms with Crippen LogP contribution in [0.1, 0.15) is 49.1 Å². The van der Waals surface area contributed by atoms with Crippen molar-refractivity contribution in [1.29, 1.82) is 0 Å². The molecule has 5 heteroatoms. The van der Waals surface area contributed by atoms with E-state index >= 15 is 0 Å². The summed E-state index contributed by atoms with van der Waals surface area (Å²) in [5.41, 5.74) is 4.92. The highest BCUT2D eigenvalue weighted by Crippen LogP contribution is 2.35. The minimum absolute atomic E-state index is 0.0383. The van der Waals surface area contributed by atoms with E-state index in [0.717, 1.165) is 6.42 Å². The highest BCUT2D eigenvalue weighted by Gasteiger charge is 2.28. The van der Waals surface area contributed by atoms with Gasteiger partial charge in [0, 0.05) is 0 Å². The van der Waals surface area contributed by atoms with E-state index in [9.17, 15) is 4.79 Å². The number of rotatable bonds is 3. The van der Waals surface area contributed by atoms with E-state index in [1.54, 1.807) is 0 Å². The van der Waals surface area contributed by atoms with Crippen molar-refractivity contribution in [3.8, 4) is 0 Å². The van der Waals surface area contributed by atoms with Gasteiger partial charge in [-0.1, -0.05) is 32.9 Å². The third-order valence-electron chi connectivity index (χ3n) is 4.13. The predicted octanol–water partition coefficient (Wildman–Crippen LogP) is 3.10. The molecule has 1 amide bonds. The summed E-state index contributed by atoms with van der Waals surface area (Å²) in [6.45, 7) is 8.88. The lowest BCUT2D eigenvalue weighted by Gasteiger charge is -2.28. The molecule has 23 heavy (non-hydrogen) atoms. The molecular weight excluding hydrogens is 294 g/mol. The van der Waals surface area contributed by atoms with E-state index in [1.165, 1.54) is 22.3 Å². The number of benzene rings is 1. The van der Waals surface area contributed by atoms with Crippen molar-refractivity contribution in [2.45, 2.75) is 46.5 Å². The summed E-state index contributed by atoms with van der Waals surface area (Å²) >= 11 is 0. The number of hydrogen-bond acceptors (Lipinski definition) is 4. The molecule has 1 aromatic carbocycles. The van der Waals surface area contributed by atoms with E-state index < -0.39 is 0 Å². The Bertz CT molecular complexity index is 591. The van der Waals surface area contributed by atoms with Gasteiger partial charge in [0.2, 0.25) is 0 Å². The van der Waals surface area contributed by atoms with Crippen molar-refractivity contribution in [3.05, 3.63) is 34.4 Å². The van der Waals surface area contributed by atoms with Gasteiger partial charge in [0.1, 0.15) is 6.10 Å². The van der Waals surface area contributed by atoms with Crippen LogP contribution >= 0.6 is 0 Å². The molecule has 1 aromatic rings. The first kappa shape index (κ1) is 16.3. The molecule has 2 heterocycles. The van der Waals surface area contributed by atoms with Gasteiger partial charge in [-0.15, -0.1) is 0 Å². The summed E-state index contributed by atoms with van der Waals surface area (Å²) in [7, 11) is 0. The number of amides is 1. The Kier molecular flexibility index (Phi) is 4.60. The van der Waals surface area contributed by atoms with Crippen LogP contribution in [0.3, 0.4) is 0 Å². The van der Waals surface area contributed by atoms with Gasteiger partial charge in [-0.25, -0.2) is 4.79 Å². The van der Waals surface area contributed by atoms with Crippen molar-refractivity contribution in [3.63, 3.8) is 0 Å². The van der Waals surface area contributed by atoms with Gasteiger partial charge in [-0.05, 0) is 34.1 Å². The van der Waals surface area contributed by atoms with E-state index in [4.69, 9.17) is 14.2 Å². The maximum atomic E-state index is 11.9. The fourth-order valence-electron chi connectivity index (χ4n) is 3.01. The van der Waals surface area contributed by atoms with Crippen molar-refractivity contribution < 1.29 is 19.0 Å². The van der Waals surface area contributed by atoms with Crippen LogP contribution in [0.5, 0.6) is 0 Å². The van der Waals surface area contributed by atoms with Crippen LogP contribution in [-0.4, -0.2) is 25.9 Å². The third kappa shape index (κ3) is 3.85. The number of carbonyl (C=O) groups excluding carboxylic acids is 1. The van der Waals surface area contributed by atoms with Crippen LogP contribution in [0.25, 0.3) is 0 Å². The maximum absolute atomic E-state index is 11.9. The molecule has 5 nitrogen and oxygen atoms in total. The Morgan fingerprint density at radius 2 is 2.09 bits per heavy atom. The maximum Gasteiger partial charge on any atom is 0.407 e. The number of fused-ring (bicyclic) bond motifs is 3. The molecule has 1 N–H and O–H groups in total. The lowest BCUT2D eigenvalue weighted by Crippen LogP contribution is -2.34. The van der Waals surface area contributed by atoms with Crippen LogP contribution in [0.2, 0.25) is 0 Å². The predicted molar refractivity (Wildman–Crippen MR) is 86.1 cm³/mol. The second-order valence-corrected chi connectivity index (χ2v) is 7.40. The number of hydrogen-bond donors (Lipinski definition) is 1. The zero-order chi connectivity index (χ0) is 16.4. The van der Waals surface area contributed by atoms with E-state index in [1.807, 2.05) is 20.8 Å². The largest absolute Gasteiger partial charge is 0.449 e. The summed E-state index contributed by atoms with van der Waals surface area (Å²) in [6.07, 6.45) is 0.394. The normalized spacial score (nSPS) is 19.9. The van der Waals surface area contributed by atoms with Crippen molar-refractivity contribution >= 4 is 6.09 Å². The fourth-order valence-corrected chi connectivity index (χ4v) is 3.01. The Morgan fingerprint density at radius 1 is 1.30 bits per heavy atom. The molecule has 2 aliphatic rings. The molecule has 0 fully saturated rings. The average molecular weight is 319 g/mol. The molecule has 3 rings (SSSR count). The monoisotopic (exact) mass is 319 g/mol. The Morgan fingerprint density at radius 3 is 2.87 bits per heavy atom. The molecule has 0 saturated carbocycles. The standard InChI is InChI=1S/C18H25NO4/c1-18(2,3)11-23-17(20)19-8-15-16-12(6-7-22-15)4-5-13-9-21-10-14(13)16/h4-5,15H,6-11H2,1-3H3,(H,19,20). The lowest BCUT2D eigenvalue weighted by molar-refractivity contribution is 0.0378. The zero-order valence-electron chi connectivity index (χ0n) is 14.1. The fraction of sp³-hybridized carbons (Fsp3) is 0.611. The molecular formula is C18H25NO4. The first-order chi connectivity index (χ1) is 10.9. The molecule has 0 bridgehead atoms. The van der Waals surface area contributed by atoms with Crippen LogP contribution in [0, 0.1) is 5.41 Å². The first-order valence-electron chi connectivity index (χ1n) is 8.17. The van der Waals surface area contributed by atoms with Crippen LogP contribution in [0.4, 0.5) is 4.79 Å². The number of alkyl carbamates (subject to hydrolysis) is 1. The SMILES string of the molecule is CC(C)(C)COC(=O)NCC1OCCc2ccc3c(c21)COC3. The highest BCUT2D eigenvalue weighted by molar-refractivity contribution is 5.67. The van der Waals surface area contributed by atoms with E-state index in [2.05, 4.69) is 17.4 Å². The third-order valence-corrected chi connectivity index (χ3v) is 4.13.